The number of benzene rings is 3. The Kier molecular flexibility index (Phi) is 8.82. The molecule has 2 amide bonds. The van der Waals surface area contributed by atoms with Gasteiger partial charge in [0.05, 0.1) is 36.7 Å². The van der Waals surface area contributed by atoms with Crippen molar-refractivity contribution in [1.29, 1.82) is 0 Å². The van der Waals surface area contributed by atoms with Gasteiger partial charge in [0.1, 0.15) is 5.75 Å². The molecule has 0 radical (unpaired) electrons. The second-order valence-corrected chi connectivity index (χ2v) is 8.10. The summed E-state index contributed by atoms with van der Waals surface area (Å²) >= 11 is 9.31. The van der Waals surface area contributed by atoms with Crippen molar-refractivity contribution in [3.05, 3.63) is 81.3 Å². The number of rotatable bonds is 7. The molecule has 0 atom stereocenters. The first-order valence-electron chi connectivity index (χ1n) is 9.95. The molecular weight excluding hydrogens is 542 g/mol. The first-order chi connectivity index (χ1) is 16.8. The number of hydrogen-bond donors (Lipinski definition) is 2. The summed E-state index contributed by atoms with van der Waals surface area (Å²) in [5.74, 6) is -1.60. The molecule has 180 valence electrons. The zero-order valence-electron chi connectivity index (χ0n) is 18.5. The van der Waals surface area contributed by atoms with Crippen molar-refractivity contribution in [1.82, 2.24) is 5.43 Å². The van der Waals surface area contributed by atoms with Gasteiger partial charge in [0.15, 0.2) is 11.5 Å². The number of para-hydroxylation sites is 1. The third-order valence-corrected chi connectivity index (χ3v) is 5.31. The Bertz CT molecular complexity index is 1300. The van der Waals surface area contributed by atoms with Crippen LogP contribution in [-0.4, -0.2) is 38.2 Å². The minimum atomic E-state index is -1.01. The molecule has 2 N–H and O–H groups in total. The Balaban J connectivity index is 1.70. The van der Waals surface area contributed by atoms with Gasteiger partial charge in [-0.2, -0.15) is 5.10 Å². The Labute approximate surface area is 214 Å². The highest BCUT2D eigenvalue weighted by molar-refractivity contribution is 9.10. The molecule has 35 heavy (non-hydrogen) atoms. The fourth-order valence-corrected chi connectivity index (χ4v) is 3.35. The number of amides is 2. The topological polar surface area (TPSA) is 115 Å². The summed E-state index contributed by atoms with van der Waals surface area (Å²) in [6.07, 6.45) is 1.24. The molecule has 0 fully saturated rings. The zero-order valence-corrected chi connectivity index (χ0v) is 20.8. The van der Waals surface area contributed by atoms with Crippen LogP contribution in [0.5, 0.6) is 17.2 Å². The molecule has 0 spiro atoms. The predicted molar refractivity (Wildman–Crippen MR) is 134 cm³/mol. The van der Waals surface area contributed by atoms with Crippen molar-refractivity contribution in [2.45, 2.75) is 0 Å². The van der Waals surface area contributed by atoms with Crippen LogP contribution in [0.4, 0.5) is 5.69 Å². The molecule has 11 heteroatoms. The van der Waals surface area contributed by atoms with Gasteiger partial charge in [-0.25, -0.2) is 10.2 Å². The van der Waals surface area contributed by atoms with Gasteiger partial charge in [-0.05, 0) is 48.5 Å². The van der Waals surface area contributed by atoms with Crippen molar-refractivity contribution in [3.8, 4) is 17.2 Å². The standard InChI is InChI=1S/C24H19BrClN3O6/c1-33-20-9-7-14(12-21(20)34-2)24(32)35-19-10-8-16(25)11-15(19)13-27-29-23(31)22(30)28-18-6-4-3-5-17(18)26/h3-13H,1-2H3,(H,28,30)(H,29,31). The SMILES string of the molecule is COc1ccc(C(=O)Oc2ccc(Br)cc2C=NNC(=O)C(=O)Nc2ccccc2Cl)cc1OC. The van der Waals surface area contributed by atoms with E-state index >= 15 is 0 Å². The highest BCUT2D eigenvalue weighted by atomic mass is 79.9. The van der Waals surface area contributed by atoms with Crippen LogP contribution in [0.2, 0.25) is 5.02 Å². The molecule has 0 aromatic heterocycles. The lowest BCUT2D eigenvalue weighted by molar-refractivity contribution is -0.136. The predicted octanol–water partition coefficient (Wildman–Crippen LogP) is 4.43. The van der Waals surface area contributed by atoms with E-state index in [9.17, 15) is 14.4 Å². The Hall–Kier alpha value is -3.89. The van der Waals surface area contributed by atoms with E-state index in [-0.39, 0.29) is 22.0 Å². The molecule has 0 saturated carbocycles. The lowest BCUT2D eigenvalue weighted by Gasteiger charge is -2.11. The molecule has 0 aliphatic carbocycles. The van der Waals surface area contributed by atoms with Crippen LogP contribution in [-0.2, 0) is 9.59 Å². The molecule has 0 heterocycles. The van der Waals surface area contributed by atoms with E-state index in [4.69, 9.17) is 25.8 Å². The van der Waals surface area contributed by atoms with Crippen LogP contribution in [0.25, 0.3) is 0 Å². The third kappa shape index (κ3) is 6.81. The van der Waals surface area contributed by atoms with Crippen LogP contribution >= 0.6 is 27.5 Å². The number of carbonyl (C=O) groups is 3. The van der Waals surface area contributed by atoms with Gasteiger partial charge in [-0.1, -0.05) is 39.7 Å². The maximum atomic E-state index is 12.7. The smallest absolute Gasteiger partial charge is 0.343 e. The van der Waals surface area contributed by atoms with Crippen molar-refractivity contribution >= 4 is 57.2 Å². The Morgan fingerprint density at radius 3 is 2.34 bits per heavy atom. The minimum absolute atomic E-state index is 0.173. The Morgan fingerprint density at radius 1 is 0.914 bits per heavy atom. The number of carbonyl (C=O) groups excluding carboxylic acids is 3. The van der Waals surface area contributed by atoms with E-state index in [2.05, 4.69) is 31.8 Å². The molecular formula is C24H19BrClN3O6. The van der Waals surface area contributed by atoms with Gasteiger partial charge in [0.25, 0.3) is 0 Å². The summed E-state index contributed by atoms with van der Waals surface area (Å²) < 4.78 is 16.6. The molecule has 9 nitrogen and oxygen atoms in total. The number of nitrogens with one attached hydrogen (secondary N) is 2. The summed E-state index contributed by atoms with van der Waals surface area (Å²) in [6, 6.07) is 15.9. The highest BCUT2D eigenvalue weighted by Crippen LogP contribution is 2.29. The molecule has 0 unspecified atom stereocenters. The maximum Gasteiger partial charge on any atom is 0.343 e. The van der Waals surface area contributed by atoms with Crippen molar-refractivity contribution in [2.24, 2.45) is 5.10 Å². The van der Waals surface area contributed by atoms with Gasteiger partial charge >= 0.3 is 17.8 Å². The summed E-state index contributed by atoms with van der Waals surface area (Å²) in [5.41, 5.74) is 3.00. The van der Waals surface area contributed by atoms with Gasteiger partial charge in [0.2, 0.25) is 0 Å². The quantitative estimate of drug-likeness (QED) is 0.145. The first kappa shape index (κ1) is 25.7. The fraction of sp³-hybridized carbons (Fsp3) is 0.0833. The minimum Gasteiger partial charge on any atom is -0.493 e. The van der Waals surface area contributed by atoms with Gasteiger partial charge < -0.3 is 19.5 Å². The lowest BCUT2D eigenvalue weighted by Crippen LogP contribution is -2.32. The monoisotopic (exact) mass is 559 g/mol. The van der Waals surface area contributed by atoms with E-state index in [1.165, 1.54) is 32.6 Å². The largest absolute Gasteiger partial charge is 0.493 e. The highest BCUT2D eigenvalue weighted by Gasteiger charge is 2.16. The number of hydrogen-bond acceptors (Lipinski definition) is 7. The zero-order chi connectivity index (χ0) is 25.4. The Morgan fingerprint density at radius 2 is 1.63 bits per heavy atom. The summed E-state index contributed by atoms with van der Waals surface area (Å²) in [7, 11) is 2.95. The van der Waals surface area contributed by atoms with Gasteiger partial charge in [0, 0.05) is 10.0 Å². The third-order valence-electron chi connectivity index (χ3n) is 4.49. The molecule has 0 aliphatic rings. The second-order valence-electron chi connectivity index (χ2n) is 6.77. The average Bonchev–Trinajstić information content (AvgIpc) is 2.86. The van der Waals surface area contributed by atoms with E-state index in [0.29, 0.717) is 21.5 Å². The maximum absolute atomic E-state index is 12.7. The number of esters is 1. The molecule has 0 aliphatic heterocycles. The number of nitrogens with zero attached hydrogens (tertiary/aromatic N) is 1. The average molecular weight is 561 g/mol. The van der Waals surface area contributed by atoms with E-state index in [1.54, 1.807) is 48.5 Å². The normalized spacial score (nSPS) is 10.5. The van der Waals surface area contributed by atoms with Crippen LogP contribution in [0.3, 0.4) is 0 Å². The summed E-state index contributed by atoms with van der Waals surface area (Å²) in [6.45, 7) is 0. The van der Waals surface area contributed by atoms with Crippen LogP contribution in [0, 0.1) is 0 Å². The van der Waals surface area contributed by atoms with Crippen LogP contribution < -0.4 is 25.0 Å². The molecule has 3 rings (SSSR count). The molecule has 3 aromatic carbocycles. The van der Waals surface area contributed by atoms with E-state index in [1.807, 2.05) is 0 Å². The van der Waals surface area contributed by atoms with Crippen LogP contribution in [0.1, 0.15) is 15.9 Å². The first-order valence-corrected chi connectivity index (χ1v) is 11.1. The number of hydrazone groups is 1. The molecule has 3 aromatic rings. The lowest BCUT2D eigenvalue weighted by atomic mass is 10.2. The molecule has 0 saturated heterocycles. The van der Waals surface area contributed by atoms with Gasteiger partial charge in [-0.3, -0.25) is 9.59 Å². The van der Waals surface area contributed by atoms with Crippen molar-refractivity contribution in [2.75, 3.05) is 19.5 Å². The number of anilines is 1. The second kappa shape index (κ2) is 12.0. The molecule has 0 bridgehead atoms. The fourth-order valence-electron chi connectivity index (χ4n) is 2.79. The van der Waals surface area contributed by atoms with Crippen molar-refractivity contribution in [3.63, 3.8) is 0 Å². The van der Waals surface area contributed by atoms with Crippen molar-refractivity contribution < 1.29 is 28.6 Å². The van der Waals surface area contributed by atoms with E-state index in [0.717, 1.165) is 0 Å². The summed E-state index contributed by atoms with van der Waals surface area (Å²) in [5, 5.41) is 6.46. The van der Waals surface area contributed by atoms with E-state index < -0.39 is 17.8 Å². The van der Waals surface area contributed by atoms with Gasteiger partial charge in [-0.15, -0.1) is 0 Å². The number of ether oxygens (including phenoxy) is 3. The number of halogens is 2. The summed E-state index contributed by atoms with van der Waals surface area (Å²) in [4.78, 5) is 36.8. The number of methoxy groups -OCH3 is 2. The van der Waals surface area contributed by atoms with Crippen LogP contribution in [0.15, 0.2) is 70.2 Å².